The van der Waals surface area contributed by atoms with Gasteiger partial charge in [-0.25, -0.2) is 15.0 Å². The highest BCUT2D eigenvalue weighted by Gasteiger charge is 2.40. The molecule has 242 valence electrons. The molecule has 4 aromatic rings. The smallest absolute Gasteiger partial charge is 0.227 e. The van der Waals surface area contributed by atoms with Crippen LogP contribution in [0.5, 0.6) is 5.75 Å². The second kappa shape index (κ2) is 13.6. The van der Waals surface area contributed by atoms with Crippen LogP contribution in [-0.4, -0.2) is 57.8 Å². The van der Waals surface area contributed by atoms with Crippen LogP contribution in [0.25, 0.3) is 17.0 Å². The number of H-pyrrole nitrogens is 1. The summed E-state index contributed by atoms with van der Waals surface area (Å²) in [7, 11) is 5.97. The number of fused-ring (bicyclic) bond motifs is 1. The quantitative estimate of drug-likeness (QED) is 0.147. The molecule has 9 heteroatoms. The standard InChI is InChI=1S/C37H48N8O/c1-7-23-11-9-12-24-13-10-14-27(34(23)24)26(8-2)35-29(36-40-21-41-44-36)20-39-37(43-35)42-31-19-30(38)28(18-32(31)46-6)33-22(3)17-25(33)15-16-45(4)5/h8,10,13-14,18-23,25,33H,7,9,11-12,15-17,38H2,1-6H3,(H,39,42,43)(H,40,41,44)/b26-8+. The van der Waals surface area contributed by atoms with Crippen LogP contribution in [0.3, 0.4) is 0 Å². The van der Waals surface area contributed by atoms with Crippen molar-refractivity contribution in [3.63, 3.8) is 0 Å². The molecule has 9 nitrogen and oxygen atoms in total. The van der Waals surface area contributed by atoms with Crippen LogP contribution < -0.4 is 15.8 Å². The van der Waals surface area contributed by atoms with E-state index in [0.29, 0.717) is 35.4 Å². The molecule has 4 unspecified atom stereocenters. The summed E-state index contributed by atoms with van der Waals surface area (Å²) in [4.78, 5) is 16.6. The van der Waals surface area contributed by atoms with Crippen LogP contribution in [0.15, 0.2) is 48.9 Å². The predicted molar refractivity (Wildman–Crippen MR) is 186 cm³/mol. The maximum absolute atomic E-state index is 6.77. The number of aromatic amines is 1. The van der Waals surface area contributed by atoms with Gasteiger partial charge >= 0.3 is 0 Å². The Morgan fingerprint density at radius 2 is 2.07 bits per heavy atom. The Balaban J connectivity index is 1.38. The van der Waals surface area contributed by atoms with E-state index in [-0.39, 0.29) is 0 Å². The molecule has 4 N–H and O–H groups in total. The second-order valence-corrected chi connectivity index (χ2v) is 13.3. The van der Waals surface area contributed by atoms with Gasteiger partial charge < -0.3 is 20.7 Å². The summed E-state index contributed by atoms with van der Waals surface area (Å²) in [6.45, 7) is 7.77. The van der Waals surface area contributed by atoms with E-state index >= 15 is 0 Å². The number of allylic oxidation sites excluding steroid dienone is 1. The number of nitrogens with zero attached hydrogens (tertiary/aromatic N) is 5. The van der Waals surface area contributed by atoms with Crippen LogP contribution in [-0.2, 0) is 6.42 Å². The zero-order valence-electron chi connectivity index (χ0n) is 28.1. The van der Waals surface area contributed by atoms with Crippen LogP contribution in [0.2, 0.25) is 0 Å². The highest BCUT2D eigenvalue weighted by molar-refractivity contribution is 5.87. The van der Waals surface area contributed by atoms with Crippen molar-refractivity contribution in [3.8, 4) is 17.1 Å². The molecule has 1 saturated carbocycles. The SMILES string of the molecule is C/C=C(\c1cccc2c1C(CC)CCC2)c1nc(Nc2cc(N)c(C3C(C)CC3CCN(C)C)cc2OC)ncc1-c1ncn[nH]1. The van der Waals surface area contributed by atoms with Crippen molar-refractivity contribution < 1.29 is 4.74 Å². The van der Waals surface area contributed by atoms with Gasteiger partial charge in [-0.2, -0.15) is 5.10 Å². The van der Waals surface area contributed by atoms with E-state index in [0.717, 1.165) is 59.8 Å². The first-order valence-corrected chi connectivity index (χ1v) is 16.7. The topological polar surface area (TPSA) is 118 Å². The minimum atomic E-state index is 0.424. The number of hydrogen-bond acceptors (Lipinski definition) is 8. The maximum atomic E-state index is 6.77. The number of benzene rings is 2. The normalized spacial score (nSPS) is 21.2. The lowest BCUT2D eigenvalue weighted by molar-refractivity contribution is 0.136. The number of nitrogens with two attached hydrogens (primary N) is 1. The van der Waals surface area contributed by atoms with Crippen LogP contribution in [0.4, 0.5) is 17.3 Å². The molecule has 4 atom stereocenters. The Hall–Kier alpha value is -4.24. The third-order valence-corrected chi connectivity index (χ3v) is 10.1. The number of ether oxygens (including phenoxy) is 1. The average Bonchev–Trinajstić information content (AvgIpc) is 3.59. The molecule has 2 aromatic carbocycles. The zero-order valence-corrected chi connectivity index (χ0v) is 28.1. The fourth-order valence-electron chi connectivity index (χ4n) is 7.82. The van der Waals surface area contributed by atoms with Crippen molar-refractivity contribution in [2.75, 3.05) is 38.8 Å². The van der Waals surface area contributed by atoms with Gasteiger partial charge in [0.15, 0.2) is 5.82 Å². The summed E-state index contributed by atoms with van der Waals surface area (Å²) >= 11 is 0. The van der Waals surface area contributed by atoms with E-state index in [1.807, 2.05) is 12.3 Å². The van der Waals surface area contributed by atoms with Crippen molar-refractivity contribution in [1.29, 1.82) is 0 Å². The Bertz CT molecular complexity index is 1700. The van der Waals surface area contributed by atoms with Crippen molar-refractivity contribution in [2.24, 2.45) is 11.8 Å². The molecule has 0 bridgehead atoms. The van der Waals surface area contributed by atoms with Gasteiger partial charge in [0, 0.05) is 17.5 Å². The molecule has 0 spiro atoms. The third kappa shape index (κ3) is 6.12. The molecular weight excluding hydrogens is 572 g/mol. The van der Waals surface area contributed by atoms with Crippen LogP contribution in [0.1, 0.15) is 92.7 Å². The van der Waals surface area contributed by atoms with E-state index in [4.69, 9.17) is 20.4 Å². The average molecular weight is 621 g/mol. The number of nitrogens with one attached hydrogen (secondary N) is 2. The van der Waals surface area contributed by atoms with Gasteiger partial charge in [0.2, 0.25) is 5.95 Å². The van der Waals surface area contributed by atoms with Gasteiger partial charge in [-0.05, 0) is 124 Å². The number of nitrogen functional groups attached to an aromatic ring is 1. The highest BCUT2D eigenvalue weighted by atomic mass is 16.5. The molecule has 0 amide bonds. The lowest BCUT2D eigenvalue weighted by atomic mass is 9.61. The number of hydrogen-bond donors (Lipinski definition) is 3. The predicted octanol–water partition coefficient (Wildman–Crippen LogP) is 7.57. The van der Waals surface area contributed by atoms with Gasteiger partial charge in [0.25, 0.3) is 0 Å². The fraction of sp³-hybridized carbons (Fsp3) is 0.459. The molecule has 1 fully saturated rings. The van der Waals surface area contributed by atoms with E-state index in [1.165, 1.54) is 47.8 Å². The summed E-state index contributed by atoms with van der Waals surface area (Å²) in [6.07, 6.45) is 12.5. The van der Waals surface area contributed by atoms with E-state index in [2.05, 4.69) is 90.6 Å². The summed E-state index contributed by atoms with van der Waals surface area (Å²) < 4.78 is 5.92. The van der Waals surface area contributed by atoms with Crippen LogP contribution >= 0.6 is 0 Å². The first-order chi connectivity index (χ1) is 22.3. The molecule has 46 heavy (non-hydrogen) atoms. The number of aromatic nitrogens is 5. The third-order valence-electron chi connectivity index (χ3n) is 10.1. The lowest BCUT2D eigenvalue weighted by Gasteiger charge is -2.44. The molecule has 6 rings (SSSR count). The maximum Gasteiger partial charge on any atom is 0.227 e. The number of aryl methyl sites for hydroxylation is 1. The van der Waals surface area contributed by atoms with E-state index in [1.54, 1.807) is 7.11 Å². The van der Waals surface area contributed by atoms with Gasteiger partial charge in [0.05, 0.1) is 24.1 Å². The summed E-state index contributed by atoms with van der Waals surface area (Å²) in [5.41, 5.74) is 16.2. The fourth-order valence-corrected chi connectivity index (χ4v) is 7.82. The van der Waals surface area contributed by atoms with Crippen molar-refractivity contribution in [1.82, 2.24) is 30.0 Å². The molecule has 2 aliphatic carbocycles. The Morgan fingerprint density at radius 3 is 2.76 bits per heavy atom. The molecule has 0 saturated heterocycles. The first kappa shape index (κ1) is 31.7. The molecule has 2 aliphatic rings. The molecule has 2 aromatic heterocycles. The first-order valence-electron chi connectivity index (χ1n) is 16.7. The highest BCUT2D eigenvalue weighted by Crippen LogP contribution is 2.52. The number of anilines is 3. The zero-order chi connectivity index (χ0) is 32.4. The monoisotopic (exact) mass is 620 g/mol. The van der Waals surface area contributed by atoms with Gasteiger partial charge in [-0.15, -0.1) is 0 Å². The second-order valence-electron chi connectivity index (χ2n) is 13.3. The Morgan fingerprint density at radius 1 is 1.22 bits per heavy atom. The van der Waals surface area contributed by atoms with Gasteiger partial charge in [-0.1, -0.05) is 38.1 Å². The van der Waals surface area contributed by atoms with Gasteiger partial charge in [-0.3, -0.25) is 5.10 Å². The Kier molecular flexibility index (Phi) is 9.40. The summed E-state index contributed by atoms with van der Waals surface area (Å²) in [5, 5.41) is 10.6. The van der Waals surface area contributed by atoms with E-state index < -0.39 is 0 Å². The van der Waals surface area contributed by atoms with E-state index in [9.17, 15) is 0 Å². The van der Waals surface area contributed by atoms with Crippen molar-refractivity contribution in [2.45, 2.75) is 71.1 Å². The number of rotatable bonds is 11. The van der Waals surface area contributed by atoms with Crippen molar-refractivity contribution in [3.05, 3.63) is 76.9 Å². The largest absolute Gasteiger partial charge is 0.495 e. The van der Waals surface area contributed by atoms with Crippen LogP contribution in [0, 0.1) is 11.8 Å². The molecule has 0 aliphatic heterocycles. The summed E-state index contributed by atoms with van der Waals surface area (Å²) in [5.74, 6) is 3.97. The lowest BCUT2D eigenvalue weighted by Crippen LogP contribution is -2.35. The minimum absolute atomic E-state index is 0.424. The molecule has 0 radical (unpaired) electrons. The number of methoxy groups -OCH3 is 1. The molecule has 2 heterocycles. The van der Waals surface area contributed by atoms with Crippen molar-refractivity contribution >= 4 is 22.9 Å². The van der Waals surface area contributed by atoms with Gasteiger partial charge in [0.1, 0.15) is 12.1 Å². The summed E-state index contributed by atoms with van der Waals surface area (Å²) in [6, 6.07) is 10.8. The molecular formula is C37H48N8O. The minimum Gasteiger partial charge on any atom is -0.495 e. The Labute approximate surface area is 273 Å².